The summed E-state index contributed by atoms with van der Waals surface area (Å²) in [6, 6.07) is 3.71. The van der Waals surface area contributed by atoms with Crippen molar-refractivity contribution in [2.75, 3.05) is 5.88 Å². The van der Waals surface area contributed by atoms with Crippen LogP contribution in [0.4, 0.5) is 13.2 Å². The summed E-state index contributed by atoms with van der Waals surface area (Å²) in [7, 11) is 0. The number of hydrogen-bond acceptors (Lipinski definition) is 1. The zero-order valence-electron chi connectivity index (χ0n) is 11.2. The van der Waals surface area contributed by atoms with Crippen LogP contribution in [0.2, 0.25) is 0 Å². The van der Waals surface area contributed by atoms with Gasteiger partial charge in [-0.15, -0.1) is 11.6 Å². The minimum Gasteiger partial charge on any atom is -0.328 e. The first-order valence-electron chi connectivity index (χ1n) is 6.59. The summed E-state index contributed by atoms with van der Waals surface area (Å²) in [5, 5.41) is 0. The van der Waals surface area contributed by atoms with Crippen LogP contribution < -0.4 is 0 Å². The smallest absolute Gasteiger partial charge is 0.328 e. The van der Waals surface area contributed by atoms with Gasteiger partial charge in [-0.1, -0.05) is 13.3 Å². The summed E-state index contributed by atoms with van der Waals surface area (Å²) in [6.45, 7) is 2.83. The molecule has 1 heterocycles. The van der Waals surface area contributed by atoms with Gasteiger partial charge >= 0.3 is 6.18 Å². The molecule has 0 aliphatic carbocycles. The van der Waals surface area contributed by atoms with Gasteiger partial charge in [0.1, 0.15) is 5.82 Å². The van der Waals surface area contributed by atoms with E-state index in [0.717, 1.165) is 42.9 Å². The van der Waals surface area contributed by atoms with E-state index in [4.69, 9.17) is 11.6 Å². The lowest BCUT2D eigenvalue weighted by molar-refractivity contribution is -0.137. The van der Waals surface area contributed by atoms with E-state index < -0.39 is 11.7 Å². The van der Waals surface area contributed by atoms with Crippen molar-refractivity contribution in [2.45, 2.75) is 38.9 Å². The molecule has 0 amide bonds. The molecule has 0 N–H and O–H groups in total. The molecule has 0 spiro atoms. The number of aromatic nitrogens is 2. The van der Waals surface area contributed by atoms with Crippen molar-refractivity contribution in [3.8, 4) is 0 Å². The van der Waals surface area contributed by atoms with Crippen LogP contribution in [0.5, 0.6) is 0 Å². The Labute approximate surface area is 120 Å². The minimum atomic E-state index is -4.34. The molecule has 0 aliphatic heterocycles. The highest BCUT2D eigenvalue weighted by atomic mass is 35.5. The van der Waals surface area contributed by atoms with Gasteiger partial charge in [-0.3, -0.25) is 0 Å². The summed E-state index contributed by atoms with van der Waals surface area (Å²) in [5.74, 6) is 1.16. The molecule has 0 aliphatic rings. The van der Waals surface area contributed by atoms with Crippen molar-refractivity contribution in [1.29, 1.82) is 0 Å². The first-order chi connectivity index (χ1) is 9.47. The third kappa shape index (κ3) is 3.08. The Hall–Kier alpha value is -1.23. The third-order valence-corrected chi connectivity index (χ3v) is 3.40. The summed E-state index contributed by atoms with van der Waals surface area (Å²) in [4.78, 5) is 4.31. The highest BCUT2D eigenvalue weighted by molar-refractivity contribution is 6.17. The number of unbranched alkanes of at least 4 members (excludes halogenated alkanes) is 1. The highest BCUT2D eigenvalue weighted by Gasteiger charge is 2.31. The Balaban J connectivity index is 2.49. The first-order valence-corrected chi connectivity index (χ1v) is 7.13. The number of imidazole rings is 1. The van der Waals surface area contributed by atoms with E-state index >= 15 is 0 Å². The monoisotopic (exact) mass is 304 g/mol. The van der Waals surface area contributed by atoms with Gasteiger partial charge < -0.3 is 4.57 Å². The van der Waals surface area contributed by atoms with Gasteiger partial charge in [0, 0.05) is 18.8 Å². The molecular weight excluding hydrogens is 289 g/mol. The number of fused-ring (bicyclic) bond motifs is 1. The molecule has 0 saturated carbocycles. The van der Waals surface area contributed by atoms with Gasteiger partial charge in [-0.2, -0.15) is 13.2 Å². The fourth-order valence-electron chi connectivity index (χ4n) is 2.20. The molecule has 0 fully saturated rings. The molecule has 0 unspecified atom stereocenters. The Bertz CT molecular complexity index is 590. The van der Waals surface area contributed by atoms with Crippen LogP contribution in [0.1, 0.15) is 31.2 Å². The van der Waals surface area contributed by atoms with Crippen LogP contribution in [0.3, 0.4) is 0 Å². The van der Waals surface area contributed by atoms with E-state index in [-0.39, 0.29) is 0 Å². The molecule has 2 nitrogen and oxygen atoms in total. The van der Waals surface area contributed by atoms with Crippen molar-refractivity contribution in [3.63, 3.8) is 0 Å². The Kier molecular flexibility index (Phi) is 4.58. The Morgan fingerprint density at radius 2 is 2.05 bits per heavy atom. The maximum Gasteiger partial charge on any atom is 0.416 e. The van der Waals surface area contributed by atoms with Crippen LogP contribution in [0, 0.1) is 0 Å². The zero-order valence-corrected chi connectivity index (χ0v) is 11.9. The predicted octanol–water partition coefficient (Wildman–Crippen LogP) is 4.64. The maximum absolute atomic E-state index is 12.7. The van der Waals surface area contributed by atoms with Crippen molar-refractivity contribution in [1.82, 2.24) is 9.55 Å². The van der Waals surface area contributed by atoms with Gasteiger partial charge in [0.25, 0.3) is 0 Å². The topological polar surface area (TPSA) is 17.8 Å². The van der Waals surface area contributed by atoms with Crippen LogP contribution in [0.25, 0.3) is 11.0 Å². The summed E-state index contributed by atoms with van der Waals surface area (Å²) >= 11 is 5.74. The Morgan fingerprint density at radius 3 is 2.65 bits per heavy atom. The standard InChI is InChI=1S/C14H16ClF3N2/c1-2-3-8-20-12-5-4-10(14(16,17)18)9-11(12)19-13(20)6-7-15/h4-5,9H,2-3,6-8H2,1H3. The highest BCUT2D eigenvalue weighted by Crippen LogP contribution is 2.31. The summed E-state index contributed by atoms with van der Waals surface area (Å²) in [5.41, 5.74) is 0.463. The first kappa shape index (κ1) is 15.2. The molecule has 0 saturated heterocycles. The van der Waals surface area contributed by atoms with E-state index in [1.807, 2.05) is 4.57 Å². The van der Waals surface area contributed by atoms with E-state index in [0.29, 0.717) is 17.8 Å². The van der Waals surface area contributed by atoms with Crippen molar-refractivity contribution < 1.29 is 13.2 Å². The molecule has 6 heteroatoms. The van der Waals surface area contributed by atoms with Crippen molar-refractivity contribution in [2.24, 2.45) is 0 Å². The van der Waals surface area contributed by atoms with Gasteiger partial charge in [0.15, 0.2) is 0 Å². The van der Waals surface area contributed by atoms with Crippen LogP contribution in [-0.2, 0) is 19.1 Å². The van der Waals surface area contributed by atoms with E-state index in [1.54, 1.807) is 0 Å². The number of alkyl halides is 4. The number of halogens is 4. The zero-order chi connectivity index (χ0) is 14.8. The number of aryl methyl sites for hydroxylation is 2. The lowest BCUT2D eigenvalue weighted by Gasteiger charge is -2.08. The fourth-order valence-corrected chi connectivity index (χ4v) is 2.37. The molecule has 0 bridgehead atoms. The second-order valence-corrected chi connectivity index (χ2v) is 5.05. The van der Waals surface area contributed by atoms with Gasteiger partial charge in [0.05, 0.1) is 16.6 Å². The molecule has 110 valence electrons. The average Bonchev–Trinajstić information content (AvgIpc) is 2.72. The SMILES string of the molecule is CCCCn1c(CCCl)nc2cc(C(F)(F)F)ccc21. The Morgan fingerprint density at radius 1 is 1.30 bits per heavy atom. The fraction of sp³-hybridized carbons (Fsp3) is 0.500. The molecule has 20 heavy (non-hydrogen) atoms. The van der Waals surface area contributed by atoms with Crippen LogP contribution in [0.15, 0.2) is 18.2 Å². The number of hydrogen-bond donors (Lipinski definition) is 0. The van der Waals surface area contributed by atoms with E-state index in [9.17, 15) is 13.2 Å². The minimum absolute atomic E-state index is 0.385. The molecule has 2 aromatic rings. The predicted molar refractivity (Wildman–Crippen MR) is 74.1 cm³/mol. The van der Waals surface area contributed by atoms with Crippen molar-refractivity contribution >= 4 is 22.6 Å². The van der Waals surface area contributed by atoms with Crippen molar-refractivity contribution in [3.05, 3.63) is 29.6 Å². The van der Waals surface area contributed by atoms with E-state index in [2.05, 4.69) is 11.9 Å². The molecular formula is C14H16ClF3N2. The van der Waals surface area contributed by atoms with Gasteiger partial charge in [0.2, 0.25) is 0 Å². The largest absolute Gasteiger partial charge is 0.416 e. The number of benzene rings is 1. The molecule has 1 aromatic carbocycles. The number of nitrogens with zero attached hydrogens (tertiary/aromatic N) is 2. The second-order valence-electron chi connectivity index (χ2n) is 4.67. The number of rotatable bonds is 5. The lowest BCUT2D eigenvalue weighted by Crippen LogP contribution is -2.05. The normalized spacial score (nSPS) is 12.2. The van der Waals surface area contributed by atoms with Crippen LogP contribution in [-0.4, -0.2) is 15.4 Å². The quantitative estimate of drug-likeness (QED) is 0.736. The van der Waals surface area contributed by atoms with Gasteiger partial charge in [-0.25, -0.2) is 4.98 Å². The second kappa shape index (κ2) is 6.04. The molecule has 1 aromatic heterocycles. The lowest BCUT2D eigenvalue weighted by atomic mass is 10.2. The van der Waals surface area contributed by atoms with Gasteiger partial charge in [-0.05, 0) is 24.6 Å². The summed E-state index contributed by atoms with van der Waals surface area (Å²) < 4.78 is 40.1. The molecule has 0 radical (unpaired) electrons. The third-order valence-electron chi connectivity index (χ3n) is 3.21. The summed E-state index contributed by atoms with van der Waals surface area (Å²) in [6.07, 6.45) is -1.81. The maximum atomic E-state index is 12.7. The molecule has 0 atom stereocenters. The van der Waals surface area contributed by atoms with E-state index in [1.165, 1.54) is 6.07 Å². The average molecular weight is 305 g/mol. The van der Waals surface area contributed by atoms with Crippen LogP contribution >= 0.6 is 11.6 Å². The molecule has 2 rings (SSSR count).